The Morgan fingerprint density at radius 2 is 2.17 bits per heavy atom. The van der Waals surface area contributed by atoms with Gasteiger partial charge in [-0.25, -0.2) is 13.8 Å². The van der Waals surface area contributed by atoms with Gasteiger partial charge in [-0.15, -0.1) is 0 Å². The maximum atomic E-state index is 12.0. The lowest BCUT2D eigenvalue weighted by Crippen LogP contribution is -2.35. The largest absolute Gasteiger partial charge is 0.385 e. The summed E-state index contributed by atoms with van der Waals surface area (Å²) < 4.78 is 24.0. The van der Waals surface area contributed by atoms with Crippen LogP contribution in [0.1, 0.15) is 10.4 Å². The van der Waals surface area contributed by atoms with Crippen LogP contribution in [0.2, 0.25) is 0 Å². The molecule has 1 atom stereocenters. The summed E-state index contributed by atoms with van der Waals surface area (Å²) in [7, 11) is 3.61. The highest BCUT2D eigenvalue weighted by atomic mass is 19.3. The molecule has 0 spiro atoms. The quantitative estimate of drug-likeness (QED) is 0.808. The van der Waals surface area contributed by atoms with Crippen molar-refractivity contribution in [2.75, 3.05) is 25.5 Å². The van der Waals surface area contributed by atoms with Gasteiger partial charge in [-0.3, -0.25) is 4.79 Å². The summed E-state index contributed by atoms with van der Waals surface area (Å²) in [6.45, 7) is -0.494. The number of aromatic nitrogens is 1. The number of hydrogen-bond donors (Lipinski definition) is 2. The molecular weight excluding hydrogens is 244 g/mol. The first-order chi connectivity index (χ1) is 8.41. The molecule has 5 nitrogen and oxygen atoms in total. The lowest BCUT2D eigenvalue weighted by Gasteiger charge is -2.12. The molecule has 1 amide bonds. The number of alkyl halides is 2. The SMILES string of the molecule is CN(C)c1ccc(C(=O)NCC(O)C(F)F)cn1. The van der Waals surface area contributed by atoms with Crippen LogP contribution in [-0.2, 0) is 0 Å². The molecule has 0 aliphatic rings. The molecule has 2 N–H and O–H groups in total. The second-order valence-corrected chi connectivity index (χ2v) is 3.91. The fourth-order valence-corrected chi connectivity index (χ4v) is 1.17. The number of nitrogens with zero attached hydrogens (tertiary/aromatic N) is 2. The molecule has 0 aromatic carbocycles. The van der Waals surface area contributed by atoms with Crippen LogP contribution in [0.4, 0.5) is 14.6 Å². The second-order valence-electron chi connectivity index (χ2n) is 3.91. The van der Waals surface area contributed by atoms with E-state index in [-0.39, 0.29) is 5.56 Å². The minimum absolute atomic E-state index is 0.252. The van der Waals surface area contributed by atoms with Crippen LogP contribution in [0.3, 0.4) is 0 Å². The van der Waals surface area contributed by atoms with E-state index in [1.54, 1.807) is 25.1 Å². The summed E-state index contributed by atoms with van der Waals surface area (Å²) >= 11 is 0. The van der Waals surface area contributed by atoms with Crippen molar-refractivity contribution in [3.8, 4) is 0 Å². The molecule has 0 saturated heterocycles. The smallest absolute Gasteiger partial charge is 0.265 e. The van der Waals surface area contributed by atoms with Crippen LogP contribution in [-0.4, -0.2) is 49.2 Å². The number of halogens is 2. The lowest BCUT2D eigenvalue weighted by molar-refractivity contribution is -0.00270. The predicted molar refractivity (Wildman–Crippen MR) is 62.9 cm³/mol. The summed E-state index contributed by atoms with van der Waals surface area (Å²) in [5, 5.41) is 11.1. The zero-order chi connectivity index (χ0) is 13.7. The van der Waals surface area contributed by atoms with Gasteiger partial charge in [0.1, 0.15) is 11.9 Å². The maximum Gasteiger partial charge on any atom is 0.265 e. The van der Waals surface area contributed by atoms with Gasteiger partial charge >= 0.3 is 0 Å². The highest BCUT2D eigenvalue weighted by Crippen LogP contribution is 2.07. The number of nitrogens with one attached hydrogen (secondary N) is 1. The van der Waals surface area contributed by atoms with Gasteiger partial charge in [0.2, 0.25) is 0 Å². The Morgan fingerprint density at radius 1 is 1.50 bits per heavy atom. The molecule has 1 rings (SSSR count). The van der Waals surface area contributed by atoms with E-state index in [1.165, 1.54) is 12.3 Å². The summed E-state index contributed by atoms with van der Waals surface area (Å²) in [6, 6.07) is 3.17. The molecule has 1 aromatic rings. The van der Waals surface area contributed by atoms with Gasteiger partial charge in [0, 0.05) is 26.8 Å². The summed E-state index contributed by atoms with van der Waals surface area (Å²) in [6.07, 6.45) is -3.39. The number of carbonyl (C=O) groups is 1. The Morgan fingerprint density at radius 3 is 2.61 bits per heavy atom. The normalized spacial score (nSPS) is 12.3. The van der Waals surface area contributed by atoms with Gasteiger partial charge in [-0.2, -0.15) is 0 Å². The van der Waals surface area contributed by atoms with Gasteiger partial charge in [-0.05, 0) is 12.1 Å². The first-order valence-corrected chi connectivity index (χ1v) is 5.29. The van der Waals surface area contributed by atoms with Gasteiger partial charge in [0.15, 0.2) is 0 Å². The Bertz CT molecular complexity index is 396. The molecule has 0 radical (unpaired) electrons. The molecule has 1 unspecified atom stereocenters. The molecule has 0 fully saturated rings. The Kier molecular flexibility index (Phi) is 4.96. The maximum absolute atomic E-state index is 12.0. The fourth-order valence-electron chi connectivity index (χ4n) is 1.17. The van der Waals surface area contributed by atoms with Gasteiger partial charge in [0.05, 0.1) is 5.56 Å². The summed E-state index contributed by atoms with van der Waals surface area (Å²) in [5.41, 5.74) is 0.252. The number of carbonyl (C=O) groups excluding carboxylic acids is 1. The number of anilines is 1. The highest BCUT2D eigenvalue weighted by Gasteiger charge is 2.17. The number of aliphatic hydroxyl groups is 1. The van der Waals surface area contributed by atoms with Crippen LogP contribution in [0.25, 0.3) is 0 Å². The summed E-state index contributed by atoms with van der Waals surface area (Å²) in [4.78, 5) is 17.3. The van der Waals surface area contributed by atoms with Crippen molar-refractivity contribution < 1.29 is 18.7 Å². The monoisotopic (exact) mass is 259 g/mol. The third kappa shape index (κ3) is 3.92. The minimum atomic E-state index is -2.88. The van der Waals surface area contributed by atoms with Crippen molar-refractivity contribution in [2.24, 2.45) is 0 Å². The number of hydrogen-bond acceptors (Lipinski definition) is 4. The predicted octanol–water partition coefficient (Wildman–Crippen LogP) is 0.503. The minimum Gasteiger partial charge on any atom is -0.385 e. The molecular formula is C11H15F2N3O2. The van der Waals surface area contributed by atoms with Crippen LogP contribution in [0, 0.1) is 0 Å². The van der Waals surface area contributed by atoms with Gasteiger partial charge in [-0.1, -0.05) is 0 Å². The van der Waals surface area contributed by atoms with Crippen molar-refractivity contribution in [2.45, 2.75) is 12.5 Å². The van der Waals surface area contributed by atoms with Crippen LogP contribution >= 0.6 is 0 Å². The molecule has 18 heavy (non-hydrogen) atoms. The van der Waals surface area contributed by atoms with Crippen molar-refractivity contribution in [1.29, 1.82) is 0 Å². The van der Waals surface area contributed by atoms with E-state index in [1.807, 2.05) is 0 Å². The van der Waals surface area contributed by atoms with Crippen molar-refractivity contribution >= 4 is 11.7 Å². The van der Waals surface area contributed by atoms with Crippen molar-refractivity contribution in [1.82, 2.24) is 10.3 Å². The lowest BCUT2D eigenvalue weighted by atomic mass is 10.2. The fraction of sp³-hybridized carbons (Fsp3) is 0.455. The Labute approximate surface area is 103 Å². The zero-order valence-electron chi connectivity index (χ0n) is 10.1. The van der Waals surface area contributed by atoms with Crippen LogP contribution in [0.15, 0.2) is 18.3 Å². The third-order valence-corrected chi connectivity index (χ3v) is 2.23. The molecule has 0 aliphatic carbocycles. The topological polar surface area (TPSA) is 65.5 Å². The molecule has 1 aromatic heterocycles. The van der Waals surface area contributed by atoms with Gasteiger partial charge in [0.25, 0.3) is 12.3 Å². The van der Waals surface area contributed by atoms with E-state index in [2.05, 4.69) is 10.3 Å². The number of rotatable bonds is 5. The molecule has 0 saturated carbocycles. The number of pyridine rings is 1. The van der Waals surface area contributed by atoms with E-state index in [4.69, 9.17) is 5.11 Å². The molecule has 0 aliphatic heterocycles. The standard InChI is InChI=1S/C11H15F2N3O2/c1-16(2)9-4-3-7(5-14-9)11(18)15-6-8(17)10(12)13/h3-5,8,10,17H,6H2,1-2H3,(H,15,18). The average molecular weight is 259 g/mol. The van der Waals surface area contributed by atoms with E-state index in [0.29, 0.717) is 5.82 Å². The average Bonchev–Trinajstić information content (AvgIpc) is 2.35. The van der Waals surface area contributed by atoms with Gasteiger partial charge < -0.3 is 15.3 Å². The highest BCUT2D eigenvalue weighted by molar-refractivity contribution is 5.94. The molecule has 100 valence electrons. The second kappa shape index (κ2) is 6.25. The van der Waals surface area contributed by atoms with E-state index >= 15 is 0 Å². The van der Waals surface area contributed by atoms with E-state index in [9.17, 15) is 13.6 Å². The zero-order valence-corrected chi connectivity index (χ0v) is 10.1. The van der Waals surface area contributed by atoms with Crippen LogP contribution in [0.5, 0.6) is 0 Å². The molecule has 1 heterocycles. The van der Waals surface area contributed by atoms with Crippen molar-refractivity contribution in [3.05, 3.63) is 23.9 Å². The summed E-state index contributed by atoms with van der Waals surface area (Å²) in [5.74, 6) is 0.131. The number of amides is 1. The van der Waals surface area contributed by atoms with Crippen LogP contribution < -0.4 is 10.2 Å². The first-order valence-electron chi connectivity index (χ1n) is 5.29. The Balaban J connectivity index is 2.57. The number of aliphatic hydroxyl groups excluding tert-OH is 1. The third-order valence-electron chi connectivity index (χ3n) is 2.23. The Hall–Kier alpha value is -1.76. The van der Waals surface area contributed by atoms with E-state index in [0.717, 1.165) is 0 Å². The first kappa shape index (κ1) is 14.3. The molecule has 0 bridgehead atoms. The molecule has 7 heteroatoms. The van der Waals surface area contributed by atoms with Crippen molar-refractivity contribution in [3.63, 3.8) is 0 Å². The van der Waals surface area contributed by atoms with E-state index < -0.39 is 25.0 Å².